The summed E-state index contributed by atoms with van der Waals surface area (Å²) in [6.45, 7) is 2.13. The van der Waals surface area contributed by atoms with E-state index in [4.69, 9.17) is 0 Å². The first-order valence-corrected chi connectivity index (χ1v) is 14.5. The Labute approximate surface area is 254 Å². The van der Waals surface area contributed by atoms with Gasteiger partial charge in [0.25, 0.3) is 11.6 Å². The lowest BCUT2D eigenvalue weighted by molar-refractivity contribution is -0.385. The molecule has 0 aliphatic carbocycles. The first-order chi connectivity index (χ1) is 21.2. The standard InChI is InChI=1S/C33H34N4O7/c1-23(8-5-14-31(40)34-17-7-13-28(34)21-38)33(42)29-19-27(37(43)44)15-16-30(29)35(32(33)41)20-24-9-6-12-26(18-24)36(22-39)25-10-3-2-4-11-25/h2-6,8-12,15-16,18-19,22-23,28,38,42H,7,13-14,17,20-21H2,1H3/b8-5+/t23-,28-,33+/m0/s1. The van der Waals surface area contributed by atoms with Crippen molar-refractivity contribution in [2.24, 2.45) is 5.92 Å². The van der Waals surface area contributed by atoms with Crippen LogP contribution in [0.2, 0.25) is 0 Å². The van der Waals surface area contributed by atoms with Crippen molar-refractivity contribution in [1.82, 2.24) is 4.90 Å². The average molecular weight is 599 g/mol. The van der Waals surface area contributed by atoms with Gasteiger partial charge in [-0.1, -0.05) is 49.4 Å². The number of nitrogens with zero attached hydrogens (tertiary/aromatic N) is 4. The maximum Gasteiger partial charge on any atom is 0.269 e. The van der Waals surface area contributed by atoms with Crippen molar-refractivity contribution in [3.63, 3.8) is 0 Å². The van der Waals surface area contributed by atoms with E-state index in [9.17, 15) is 34.7 Å². The van der Waals surface area contributed by atoms with Crippen LogP contribution in [0.15, 0.2) is 84.9 Å². The van der Waals surface area contributed by atoms with Gasteiger partial charge in [-0.05, 0) is 48.7 Å². The van der Waals surface area contributed by atoms with Crippen molar-refractivity contribution in [2.75, 3.05) is 23.0 Å². The van der Waals surface area contributed by atoms with Crippen molar-refractivity contribution >= 4 is 41.0 Å². The molecule has 3 atom stereocenters. The Balaban J connectivity index is 1.42. The van der Waals surface area contributed by atoms with Gasteiger partial charge in [-0.3, -0.25) is 29.4 Å². The number of hydrogen-bond acceptors (Lipinski definition) is 7. The fraction of sp³-hybridized carbons (Fsp3) is 0.303. The fourth-order valence-corrected chi connectivity index (χ4v) is 6.04. The van der Waals surface area contributed by atoms with Crippen molar-refractivity contribution in [1.29, 1.82) is 0 Å². The van der Waals surface area contributed by atoms with E-state index in [0.29, 0.717) is 35.6 Å². The third-order valence-electron chi connectivity index (χ3n) is 8.42. The second-order valence-electron chi connectivity index (χ2n) is 11.1. The molecule has 0 unspecified atom stereocenters. The van der Waals surface area contributed by atoms with E-state index in [1.807, 2.05) is 18.2 Å². The Hall–Kier alpha value is -4.87. The van der Waals surface area contributed by atoms with Crippen LogP contribution in [0.3, 0.4) is 0 Å². The predicted molar refractivity (Wildman–Crippen MR) is 164 cm³/mol. The third kappa shape index (κ3) is 5.71. The number of aliphatic hydroxyl groups excluding tert-OH is 1. The maximum atomic E-state index is 14.0. The lowest BCUT2D eigenvalue weighted by Gasteiger charge is -2.28. The van der Waals surface area contributed by atoms with Gasteiger partial charge in [0.1, 0.15) is 0 Å². The zero-order valence-electron chi connectivity index (χ0n) is 24.3. The Kier molecular flexibility index (Phi) is 8.88. The SMILES string of the molecule is C[C@@H](/C=C/CC(=O)N1CCC[C@H]1CO)[C@]1(O)C(=O)N(Cc2cccc(N(C=O)c3ccccc3)c2)c2ccc([N+](=O)[O-])cc21. The number of amides is 3. The first-order valence-electron chi connectivity index (χ1n) is 14.5. The molecule has 3 amide bonds. The first kappa shape index (κ1) is 30.6. The van der Waals surface area contributed by atoms with Gasteiger partial charge >= 0.3 is 0 Å². The van der Waals surface area contributed by atoms with Gasteiger partial charge in [0, 0.05) is 48.0 Å². The molecule has 11 nitrogen and oxygen atoms in total. The zero-order valence-corrected chi connectivity index (χ0v) is 24.3. The number of benzene rings is 3. The number of anilines is 3. The maximum absolute atomic E-state index is 14.0. The number of non-ortho nitro benzene ring substituents is 1. The number of para-hydroxylation sites is 1. The van der Waals surface area contributed by atoms with Crippen LogP contribution in [0.4, 0.5) is 22.7 Å². The van der Waals surface area contributed by atoms with Gasteiger partial charge < -0.3 is 20.0 Å². The molecule has 228 valence electrons. The Bertz CT molecular complexity index is 1590. The van der Waals surface area contributed by atoms with Crippen LogP contribution in [0, 0.1) is 16.0 Å². The summed E-state index contributed by atoms with van der Waals surface area (Å²) in [7, 11) is 0. The number of rotatable bonds is 11. The number of aliphatic hydroxyl groups is 2. The fourth-order valence-electron chi connectivity index (χ4n) is 6.04. The molecule has 0 bridgehead atoms. The van der Waals surface area contributed by atoms with E-state index >= 15 is 0 Å². The van der Waals surface area contributed by atoms with Crippen LogP contribution >= 0.6 is 0 Å². The van der Waals surface area contributed by atoms with E-state index in [1.165, 1.54) is 28.0 Å². The summed E-state index contributed by atoms with van der Waals surface area (Å²) in [6, 6.07) is 19.9. The van der Waals surface area contributed by atoms with Crippen LogP contribution in [0.25, 0.3) is 0 Å². The van der Waals surface area contributed by atoms with Crippen molar-refractivity contribution in [2.45, 2.75) is 44.4 Å². The molecule has 0 radical (unpaired) electrons. The van der Waals surface area contributed by atoms with Crippen LogP contribution in [-0.4, -0.2) is 57.5 Å². The van der Waals surface area contributed by atoms with Crippen molar-refractivity contribution < 1.29 is 29.5 Å². The Morgan fingerprint density at radius 1 is 1.14 bits per heavy atom. The van der Waals surface area contributed by atoms with Gasteiger partial charge in [0.05, 0.1) is 29.8 Å². The smallest absolute Gasteiger partial charge is 0.269 e. The van der Waals surface area contributed by atoms with E-state index in [1.54, 1.807) is 60.4 Å². The molecule has 1 fully saturated rings. The lowest BCUT2D eigenvalue weighted by Crippen LogP contribution is -2.44. The minimum Gasteiger partial charge on any atom is -0.394 e. The minimum atomic E-state index is -2.13. The largest absolute Gasteiger partial charge is 0.394 e. The van der Waals surface area contributed by atoms with Crippen LogP contribution < -0.4 is 9.80 Å². The molecule has 0 saturated carbocycles. The van der Waals surface area contributed by atoms with E-state index in [0.717, 1.165) is 12.8 Å². The molecule has 3 aromatic carbocycles. The zero-order chi connectivity index (χ0) is 31.4. The molecule has 11 heteroatoms. The number of hydrogen-bond donors (Lipinski definition) is 2. The number of nitro benzene ring substituents is 1. The highest BCUT2D eigenvalue weighted by molar-refractivity contribution is 6.07. The molecular formula is C33H34N4O7. The number of carbonyl (C=O) groups is 3. The number of likely N-dealkylation sites (tertiary alicyclic amines) is 1. The minimum absolute atomic E-state index is 0.0259. The molecule has 2 heterocycles. The summed E-state index contributed by atoms with van der Waals surface area (Å²) in [5.74, 6) is -1.65. The van der Waals surface area contributed by atoms with Gasteiger partial charge in [-0.15, -0.1) is 0 Å². The predicted octanol–water partition coefficient (Wildman–Crippen LogP) is 4.19. The van der Waals surface area contributed by atoms with E-state index < -0.39 is 22.3 Å². The molecular weight excluding hydrogens is 564 g/mol. The van der Waals surface area contributed by atoms with E-state index in [2.05, 4.69) is 0 Å². The van der Waals surface area contributed by atoms with E-state index in [-0.39, 0.29) is 42.8 Å². The summed E-state index contributed by atoms with van der Waals surface area (Å²) >= 11 is 0. The second kappa shape index (κ2) is 12.8. The topological polar surface area (TPSA) is 145 Å². The van der Waals surface area contributed by atoms with Gasteiger partial charge in [-0.25, -0.2) is 0 Å². The molecule has 1 saturated heterocycles. The molecule has 44 heavy (non-hydrogen) atoms. The normalized spacial score (nSPS) is 20.2. The van der Waals surface area contributed by atoms with Crippen molar-refractivity contribution in [3.05, 3.63) is 106 Å². The molecule has 2 N–H and O–H groups in total. The van der Waals surface area contributed by atoms with Gasteiger partial charge in [-0.2, -0.15) is 0 Å². The number of carbonyl (C=O) groups excluding carboxylic acids is 3. The lowest BCUT2D eigenvalue weighted by atomic mass is 9.82. The number of nitro groups is 1. The molecule has 2 aliphatic rings. The third-order valence-corrected chi connectivity index (χ3v) is 8.42. The highest BCUT2D eigenvalue weighted by Gasteiger charge is 2.53. The average Bonchev–Trinajstić information content (AvgIpc) is 3.60. The second-order valence-corrected chi connectivity index (χ2v) is 11.1. The summed E-state index contributed by atoms with van der Waals surface area (Å²) in [6.07, 6.45) is 5.46. The van der Waals surface area contributed by atoms with Gasteiger partial charge in [0.15, 0.2) is 5.60 Å². The molecule has 5 rings (SSSR count). The monoisotopic (exact) mass is 598 g/mol. The molecule has 0 aromatic heterocycles. The van der Waals surface area contributed by atoms with Gasteiger partial charge in [0.2, 0.25) is 12.3 Å². The number of fused-ring (bicyclic) bond motifs is 1. The molecule has 2 aliphatic heterocycles. The highest BCUT2D eigenvalue weighted by atomic mass is 16.6. The van der Waals surface area contributed by atoms with Crippen LogP contribution in [0.1, 0.15) is 37.3 Å². The molecule has 0 spiro atoms. The molecule has 3 aromatic rings. The van der Waals surface area contributed by atoms with Crippen molar-refractivity contribution in [3.8, 4) is 0 Å². The Morgan fingerprint density at radius 2 is 1.89 bits per heavy atom. The summed E-state index contributed by atoms with van der Waals surface area (Å²) in [5, 5.41) is 33.1. The quantitative estimate of drug-likeness (QED) is 0.146. The summed E-state index contributed by atoms with van der Waals surface area (Å²) in [5.41, 5.74) is -0.0306. The Morgan fingerprint density at radius 3 is 2.59 bits per heavy atom. The van der Waals surface area contributed by atoms with Crippen LogP contribution in [-0.2, 0) is 26.5 Å². The highest BCUT2D eigenvalue weighted by Crippen LogP contribution is 2.47. The summed E-state index contributed by atoms with van der Waals surface area (Å²) < 4.78 is 0. The summed E-state index contributed by atoms with van der Waals surface area (Å²) in [4.78, 5) is 54.3. The van der Waals surface area contributed by atoms with Crippen LogP contribution in [0.5, 0.6) is 0 Å².